The lowest BCUT2D eigenvalue weighted by Crippen LogP contribution is -2.21. The van der Waals surface area contributed by atoms with Crippen LogP contribution < -0.4 is 0 Å². The maximum atomic E-state index is 5.60. The molecule has 1 saturated carbocycles. The number of ether oxygens (including phenoxy) is 1. The van der Waals surface area contributed by atoms with Crippen LogP contribution in [0.25, 0.3) is 0 Å². The molecule has 0 radical (unpaired) electrons. The first-order valence-electron chi connectivity index (χ1n) is 4.45. The van der Waals surface area contributed by atoms with Crippen molar-refractivity contribution < 1.29 is 4.74 Å². The Hall–Kier alpha value is -0.300. The van der Waals surface area contributed by atoms with E-state index in [4.69, 9.17) is 4.74 Å². The average Bonchev–Trinajstić information content (AvgIpc) is 2.58. The van der Waals surface area contributed by atoms with Crippen LogP contribution in [-0.2, 0) is 4.74 Å². The van der Waals surface area contributed by atoms with Crippen molar-refractivity contribution in [3.05, 3.63) is 12.2 Å². The quantitative estimate of drug-likeness (QED) is 0.415. The zero-order chi connectivity index (χ0) is 8.06. The first-order valence-corrected chi connectivity index (χ1v) is 4.45. The fraction of sp³-hybridized carbons (Fsp3) is 0.800. The predicted molar refractivity (Wildman–Crippen MR) is 45.4 cm³/mol. The van der Waals surface area contributed by atoms with Gasteiger partial charge in [-0.1, -0.05) is 12.2 Å². The topological polar surface area (TPSA) is 12.5 Å². The molecule has 0 amide bonds. The SMILES string of the molecule is C=C(C)[C@H]1CC[C@@]2(C)OC2C1. The number of rotatable bonds is 1. The Morgan fingerprint density at radius 1 is 1.64 bits per heavy atom. The van der Waals surface area contributed by atoms with Gasteiger partial charge in [-0.05, 0) is 39.0 Å². The smallest absolute Gasteiger partial charge is 0.0920 e. The fourth-order valence-corrected chi connectivity index (χ4v) is 2.09. The maximum absolute atomic E-state index is 5.60. The molecule has 11 heavy (non-hydrogen) atoms. The standard InChI is InChI=1S/C10H16O/c1-7(2)8-4-5-10(3)9(6-8)11-10/h8-9H,1,4-6H2,2-3H3/t8-,9?,10+/m0/s1. The highest BCUT2D eigenvalue weighted by Gasteiger charge is 2.55. The maximum Gasteiger partial charge on any atom is 0.0920 e. The molecule has 0 aromatic heterocycles. The van der Waals surface area contributed by atoms with Crippen LogP contribution in [0.1, 0.15) is 33.1 Å². The summed E-state index contributed by atoms with van der Waals surface area (Å²) in [5.74, 6) is 0.732. The third-order valence-corrected chi connectivity index (χ3v) is 3.22. The van der Waals surface area contributed by atoms with Gasteiger partial charge in [-0.3, -0.25) is 0 Å². The summed E-state index contributed by atoms with van der Waals surface area (Å²) in [6.45, 7) is 8.36. The van der Waals surface area contributed by atoms with E-state index in [9.17, 15) is 0 Å². The lowest BCUT2D eigenvalue weighted by atomic mass is 9.80. The molecule has 2 rings (SSSR count). The first kappa shape index (κ1) is 7.35. The second kappa shape index (κ2) is 2.10. The zero-order valence-electron chi connectivity index (χ0n) is 7.39. The molecule has 1 unspecified atom stereocenters. The average molecular weight is 152 g/mol. The molecule has 0 aromatic carbocycles. The Balaban J connectivity index is 1.98. The summed E-state index contributed by atoms with van der Waals surface area (Å²) in [4.78, 5) is 0. The van der Waals surface area contributed by atoms with Crippen molar-refractivity contribution in [2.75, 3.05) is 0 Å². The van der Waals surface area contributed by atoms with Gasteiger partial charge in [-0.25, -0.2) is 0 Å². The molecule has 1 nitrogen and oxygen atoms in total. The summed E-state index contributed by atoms with van der Waals surface area (Å²) in [6.07, 6.45) is 4.28. The number of allylic oxidation sites excluding steroid dienone is 1. The van der Waals surface area contributed by atoms with Crippen LogP contribution in [-0.4, -0.2) is 11.7 Å². The molecule has 0 spiro atoms. The predicted octanol–water partition coefficient (Wildman–Crippen LogP) is 2.52. The molecule has 1 aliphatic heterocycles. The van der Waals surface area contributed by atoms with Gasteiger partial charge in [0.1, 0.15) is 0 Å². The van der Waals surface area contributed by atoms with Crippen molar-refractivity contribution in [3.63, 3.8) is 0 Å². The minimum absolute atomic E-state index is 0.270. The van der Waals surface area contributed by atoms with Crippen LogP contribution in [0.5, 0.6) is 0 Å². The third-order valence-electron chi connectivity index (χ3n) is 3.22. The van der Waals surface area contributed by atoms with Gasteiger partial charge in [0, 0.05) is 0 Å². The van der Waals surface area contributed by atoms with Crippen LogP contribution in [0.4, 0.5) is 0 Å². The van der Waals surface area contributed by atoms with E-state index in [2.05, 4.69) is 20.4 Å². The normalized spacial score (nSPS) is 48.2. The van der Waals surface area contributed by atoms with Gasteiger partial charge in [-0.2, -0.15) is 0 Å². The monoisotopic (exact) mass is 152 g/mol. The Morgan fingerprint density at radius 3 is 2.91 bits per heavy atom. The molecule has 62 valence electrons. The van der Waals surface area contributed by atoms with E-state index in [0.717, 1.165) is 5.92 Å². The largest absolute Gasteiger partial charge is 0.366 e. The summed E-state index contributed by atoms with van der Waals surface area (Å²) in [6, 6.07) is 0. The van der Waals surface area contributed by atoms with Crippen LogP contribution in [0.15, 0.2) is 12.2 Å². The van der Waals surface area contributed by atoms with Gasteiger partial charge in [-0.15, -0.1) is 0 Å². The molecule has 1 heterocycles. The highest BCUT2D eigenvalue weighted by molar-refractivity contribution is 5.10. The number of hydrogen-bond donors (Lipinski definition) is 0. The van der Waals surface area contributed by atoms with Crippen molar-refractivity contribution in [1.82, 2.24) is 0 Å². The van der Waals surface area contributed by atoms with E-state index in [1.807, 2.05) is 0 Å². The molecule has 3 atom stereocenters. The summed E-state index contributed by atoms with van der Waals surface area (Å²) in [7, 11) is 0. The van der Waals surface area contributed by atoms with E-state index < -0.39 is 0 Å². The van der Waals surface area contributed by atoms with Gasteiger partial charge in [0.2, 0.25) is 0 Å². The van der Waals surface area contributed by atoms with E-state index in [-0.39, 0.29) is 5.60 Å². The highest BCUT2D eigenvalue weighted by Crippen LogP contribution is 2.50. The highest BCUT2D eigenvalue weighted by atomic mass is 16.6. The van der Waals surface area contributed by atoms with Crippen molar-refractivity contribution in [2.24, 2.45) is 5.92 Å². The molecule has 1 heteroatoms. The molecule has 0 bridgehead atoms. The molecule has 2 fully saturated rings. The van der Waals surface area contributed by atoms with Crippen molar-refractivity contribution in [3.8, 4) is 0 Å². The zero-order valence-corrected chi connectivity index (χ0v) is 7.39. The second-order valence-corrected chi connectivity index (χ2v) is 4.24. The van der Waals surface area contributed by atoms with Crippen LogP contribution in [0.2, 0.25) is 0 Å². The number of epoxide rings is 1. The van der Waals surface area contributed by atoms with Crippen LogP contribution >= 0.6 is 0 Å². The van der Waals surface area contributed by atoms with E-state index in [0.29, 0.717) is 6.10 Å². The lowest BCUT2D eigenvalue weighted by Gasteiger charge is -2.22. The lowest BCUT2D eigenvalue weighted by molar-refractivity contribution is 0.303. The van der Waals surface area contributed by atoms with Crippen molar-refractivity contribution in [2.45, 2.75) is 44.8 Å². The van der Waals surface area contributed by atoms with Crippen LogP contribution in [0.3, 0.4) is 0 Å². The molecule has 1 aliphatic carbocycles. The Morgan fingerprint density at radius 2 is 2.36 bits per heavy atom. The van der Waals surface area contributed by atoms with E-state index >= 15 is 0 Å². The summed E-state index contributed by atoms with van der Waals surface area (Å²) < 4.78 is 5.60. The van der Waals surface area contributed by atoms with Gasteiger partial charge in [0.05, 0.1) is 11.7 Å². The third kappa shape index (κ3) is 1.12. The van der Waals surface area contributed by atoms with Crippen molar-refractivity contribution in [1.29, 1.82) is 0 Å². The molecular weight excluding hydrogens is 136 g/mol. The molecule has 1 saturated heterocycles. The van der Waals surface area contributed by atoms with E-state index in [1.54, 1.807) is 0 Å². The second-order valence-electron chi connectivity index (χ2n) is 4.24. The van der Waals surface area contributed by atoms with Gasteiger partial charge in [0.15, 0.2) is 0 Å². The molecule has 2 aliphatic rings. The van der Waals surface area contributed by atoms with Crippen LogP contribution in [0, 0.1) is 5.92 Å². The summed E-state index contributed by atoms with van der Waals surface area (Å²) in [5, 5.41) is 0. The van der Waals surface area contributed by atoms with E-state index in [1.165, 1.54) is 24.8 Å². The Labute approximate surface area is 68.4 Å². The van der Waals surface area contributed by atoms with Crippen molar-refractivity contribution >= 4 is 0 Å². The van der Waals surface area contributed by atoms with Gasteiger partial charge >= 0.3 is 0 Å². The minimum atomic E-state index is 0.270. The molecular formula is C10H16O. The Bertz CT molecular complexity index is 197. The number of fused-ring (bicyclic) bond motifs is 1. The van der Waals surface area contributed by atoms with Gasteiger partial charge < -0.3 is 4.74 Å². The summed E-state index contributed by atoms with van der Waals surface area (Å²) >= 11 is 0. The minimum Gasteiger partial charge on any atom is -0.366 e. The molecule has 0 aromatic rings. The first-order chi connectivity index (χ1) is 5.12. The molecule has 0 N–H and O–H groups in total. The van der Waals surface area contributed by atoms with Gasteiger partial charge in [0.25, 0.3) is 0 Å². The number of hydrogen-bond acceptors (Lipinski definition) is 1. The summed E-state index contributed by atoms with van der Waals surface area (Å²) in [5.41, 5.74) is 1.61. The fourth-order valence-electron chi connectivity index (χ4n) is 2.09. The Kier molecular flexibility index (Phi) is 1.40.